The van der Waals surface area contributed by atoms with Gasteiger partial charge in [-0.3, -0.25) is 4.98 Å². The first-order valence-electron chi connectivity index (χ1n) is 4.59. The maximum absolute atomic E-state index is 4.08. The summed E-state index contributed by atoms with van der Waals surface area (Å²) in [7, 11) is 0. The van der Waals surface area contributed by atoms with Crippen LogP contribution in [0.3, 0.4) is 0 Å². The lowest BCUT2D eigenvalue weighted by atomic mass is 9.87. The first kappa shape index (κ1) is 9.97. The molecule has 1 heterocycles. The van der Waals surface area contributed by atoms with Crippen LogP contribution in [0.5, 0.6) is 0 Å². The van der Waals surface area contributed by atoms with Gasteiger partial charge in [-0.2, -0.15) is 0 Å². The molecule has 70 valence electrons. The molecule has 0 aliphatic carbocycles. The molecule has 0 aromatic carbocycles. The van der Waals surface area contributed by atoms with Crippen LogP contribution in [0.4, 0.5) is 0 Å². The molecule has 0 bridgehead atoms. The topological polar surface area (TPSA) is 12.9 Å². The first-order valence-corrected chi connectivity index (χ1v) is 4.59. The van der Waals surface area contributed by atoms with Crippen molar-refractivity contribution in [2.45, 2.75) is 27.7 Å². The van der Waals surface area contributed by atoms with Gasteiger partial charge in [0, 0.05) is 12.4 Å². The van der Waals surface area contributed by atoms with E-state index in [4.69, 9.17) is 0 Å². The predicted octanol–water partition coefficient (Wildman–Crippen LogP) is 3.53. The average molecular weight is 175 g/mol. The third-order valence-electron chi connectivity index (χ3n) is 2.25. The van der Waals surface area contributed by atoms with Gasteiger partial charge in [0.05, 0.1) is 0 Å². The van der Waals surface area contributed by atoms with Gasteiger partial charge in [0.2, 0.25) is 0 Å². The molecule has 1 heteroatoms. The second kappa shape index (κ2) is 3.73. The zero-order valence-electron chi connectivity index (χ0n) is 8.83. The van der Waals surface area contributed by atoms with Crippen molar-refractivity contribution in [2.24, 2.45) is 5.41 Å². The Kier molecular flexibility index (Phi) is 2.86. The zero-order chi connectivity index (χ0) is 9.90. The molecule has 1 rings (SSSR count). The summed E-state index contributed by atoms with van der Waals surface area (Å²) in [5.41, 5.74) is 2.80. The van der Waals surface area contributed by atoms with Crippen LogP contribution in [0.2, 0.25) is 0 Å². The molecule has 1 nitrogen and oxygen atoms in total. The van der Waals surface area contributed by atoms with Crippen molar-refractivity contribution in [1.82, 2.24) is 4.98 Å². The third kappa shape index (κ3) is 3.02. The summed E-state index contributed by atoms with van der Waals surface area (Å²) in [6.07, 6.45) is 5.87. The van der Waals surface area contributed by atoms with Gasteiger partial charge in [-0.25, -0.2) is 0 Å². The molecule has 13 heavy (non-hydrogen) atoms. The van der Waals surface area contributed by atoms with Crippen molar-refractivity contribution in [2.75, 3.05) is 0 Å². The van der Waals surface area contributed by atoms with Crippen molar-refractivity contribution in [3.63, 3.8) is 0 Å². The summed E-state index contributed by atoms with van der Waals surface area (Å²) >= 11 is 0. The average Bonchev–Trinajstić information content (AvgIpc) is 2.04. The molecule has 0 N–H and O–H groups in total. The Bertz CT molecular complexity index is 291. The Balaban J connectivity index is 2.90. The quantitative estimate of drug-likeness (QED) is 0.636. The van der Waals surface area contributed by atoms with Gasteiger partial charge in [-0.1, -0.05) is 38.5 Å². The number of nitrogens with zero attached hydrogens (tertiary/aromatic N) is 1. The second-order valence-electron chi connectivity index (χ2n) is 4.36. The van der Waals surface area contributed by atoms with Crippen molar-refractivity contribution >= 4 is 6.08 Å². The molecule has 0 unspecified atom stereocenters. The Morgan fingerprint density at radius 2 is 2.08 bits per heavy atom. The summed E-state index contributed by atoms with van der Waals surface area (Å²) in [5, 5.41) is 0. The normalized spacial score (nSPS) is 13.1. The lowest BCUT2D eigenvalue weighted by Crippen LogP contribution is -2.05. The SMILES string of the molecule is C/C(=C\c1cccnc1)C(C)(C)C. The summed E-state index contributed by atoms with van der Waals surface area (Å²) in [6, 6.07) is 4.03. The van der Waals surface area contributed by atoms with Gasteiger partial charge < -0.3 is 0 Å². The van der Waals surface area contributed by atoms with Gasteiger partial charge >= 0.3 is 0 Å². The van der Waals surface area contributed by atoms with Crippen LogP contribution >= 0.6 is 0 Å². The fourth-order valence-corrected chi connectivity index (χ4v) is 0.928. The van der Waals surface area contributed by atoms with Crippen molar-refractivity contribution in [3.05, 3.63) is 35.7 Å². The maximum atomic E-state index is 4.08. The molecule has 0 atom stereocenters. The highest BCUT2D eigenvalue weighted by Crippen LogP contribution is 2.25. The highest BCUT2D eigenvalue weighted by atomic mass is 14.6. The van der Waals surface area contributed by atoms with E-state index in [0.717, 1.165) is 0 Å². The lowest BCUT2D eigenvalue weighted by Gasteiger charge is -2.19. The van der Waals surface area contributed by atoms with Crippen LogP contribution in [0.25, 0.3) is 6.08 Å². The minimum atomic E-state index is 0.246. The molecule has 0 aliphatic heterocycles. The zero-order valence-corrected chi connectivity index (χ0v) is 8.83. The molecule has 0 saturated carbocycles. The molecular formula is C12H17N. The van der Waals surface area contributed by atoms with E-state index in [1.165, 1.54) is 11.1 Å². The van der Waals surface area contributed by atoms with E-state index in [0.29, 0.717) is 0 Å². The maximum Gasteiger partial charge on any atom is 0.0340 e. The number of hydrogen-bond donors (Lipinski definition) is 0. The van der Waals surface area contributed by atoms with E-state index in [2.05, 4.69) is 44.8 Å². The molecule has 0 fully saturated rings. The van der Waals surface area contributed by atoms with Crippen LogP contribution in [-0.2, 0) is 0 Å². The molecule has 0 spiro atoms. The van der Waals surface area contributed by atoms with Gasteiger partial charge in [0.15, 0.2) is 0 Å². The summed E-state index contributed by atoms with van der Waals surface area (Å²) in [4.78, 5) is 4.08. The molecule has 1 aromatic rings. The largest absolute Gasteiger partial charge is 0.264 e. The fraction of sp³-hybridized carbons (Fsp3) is 0.417. The number of pyridine rings is 1. The number of hydrogen-bond acceptors (Lipinski definition) is 1. The van der Waals surface area contributed by atoms with Gasteiger partial charge in [-0.15, -0.1) is 0 Å². The van der Waals surface area contributed by atoms with Crippen molar-refractivity contribution < 1.29 is 0 Å². The van der Waals surface area contributed by atoms with E-state index in [1.807, 2.05) is 12.3 Å². The molecule has 0 radical (unpaired) electrons. The Labute approximate surface area is 80.5 Å². The first-order chi connectivity index (χ1) is 6.00. The van der Waals surface area contributed by atoms with Gasteiger partial charge in [-0.05, 0) is 24.0 Å². The molecule has 0 aliphatic rings. The Hall–Kier alpha value is -1.11. The van der Waals surface area contributed by atoms with Crippen LogP contribution in [-0.4, -0.2) is 4.98 Å². The molecule has 0 amide bonds. The third-order valence-corrected chi connectivity index (χ3v) is 2.25. The minimum Gasteiger partial charge on any atom is -0.264 e. The predicted molar refractivity (Wildman–Crippen MR) is 57.3 cm³/mol. The van der Waals surface area contributed by atoms with E-state index in [1.54, 1.807) is 6.20 Å². The van der Waals surface area contributed by atoms with E-state index in [-0.39, 0.29) is 5.41 Å². The number of aromatic nitrogens is 1. The van der Waals surface area contributed by atoms with Gasteiger partial charge in [0.25, 0.3) is 0 Å². The minimum absolute atomic E-state index is 0.246. The lowest BCUT2D eigenvalue weighted by molar-refractivity contribution is 0.508. The number of rotatable bonds is 1. The smallest absolute Gasteiger partial charge is 0.0340 e. The van der Waals surface area contributed by atoms with Crippen molar-refractivity contribution in [1.29, 1.82) is 0 Å². The monoisotopic (exact) mass is 175 g/mol. The summed E-state index contributed by atoms with van der Waals surface area (Å²) in [5.74, 6) is 0. The Morgan fingerprint density at radius 3 is 2.54 bits per heavy atom. The second-order valence-corrected chi connectivity index (χ2v) is 4.36. The van der Waals surface area contributed by atoms with E-state index in [9.17, 15) is 0 Å². The highest BCUT2D eigenvalue weighted by Gasteiger charge is 2.11. The van der Waals surface area contributed by atoms with E-state index < -0.39 is 0 Å². The van der Waals surface area contributed by atoms with Crippen LogP contribution in [0, 0.1) is 5.41 Å². The van der Waals surface area contributed by atoms with Crippen LogP contribution in [0.15, 0.2) is 30.1 Å². The highest BCUT2D eigenvalue weighted by molar-refractivity contribution is 5.52. The summed E-state index contributed by atoms with van der Waals surface area (Å²) < 4.78 is 0. The fourth-order valence-electron chi connectivity index (χ4n) is 0.928. The van der Waals surface area contributed by atoms with Crippen LogP contribution in [0.1, 0.15) is 33.3 Å². The summed E-state index contributed by atoms with van der Waals surface area (Å²) in [6.45, 7) is 8.81. The number of allylic oxidation sites excluding steroid dienone is 1. The molecule has 1 aromatic heterocycles. The van der Waals surface area contributed by atoms with E-state index >= 15 is 0 Å². The molecule has 0 saturated heterocycles. The van der Waals surface area contributed by atoms with Crippen LogP contribution < -0.4 is 0 Å². The van der Waals surface area contributed by atoms with Gasteiger partial charge in [0.1, 0.15) is 0 Å². The Morgan fingerprint density at radius 1 is 1.38 bits per heavy atom. The van der Waals surface area contributed by atoms with Crippen molar-refractivity contribution in [3.8, 4) is 0 Å². The standard InChI is InChI=1S/C12H17N/c1-10(12(2,3)4)8-11-6-5-7-13-9-11/h5-9H,1-4H3/b10-8+. The molecular weight excluding hydrogens is 158 g/mol.